The van der Waals surface area contributed by atoms with E-state index in [1.165, 1.54) is 23.0 Å². The zero-order valence-electron chi connectivity index (χ0n) is 21.7. The molecule has 0 saturated heterocycles. The Morgan fingerprint density at radius 2 is 1.90 bits per heavy atom. The molecule has 8 nitrogen and oxygen atoms in total. The lowest BCUT2D eigenvalue weighted by Gasteiger charge is -2.14. The fraction of sp³-hybridized carbons (Fsp3) is 0.167. The Balaban J connectivity index is 1.52. The molecule has 0 N–H and O–H groups in total. The topological polar surface area (TPSA) is 99.6 Å². The van der Waals surface area contributed by atoms with E-state index in [1.54, 1.807) is 12.1 Å². The lowest BCUT2D eigenvalue weighted by atomic mass is 10.1. The van der Waals surface area contributed by atoms with Crippen LogP contribution in [-0.2, 0) is 6.61 Å². The Morgan fingerprint density at radius 1 is 1.12 bits per heavy atom. The fourth-order valence-corrected chi connectivity index (χ4v) is 5.06. The highest BCUT2D eigenvalue weighted by atomic mass is 79.9. The first-order valence-corrected chi connectivity index (χ1v) is 13.8. The van der Waals surface area contributed by atoms with Gasteiger partial charge in [0.15, 0.2) is 0 Å². The average Bonchev–Trinajstić information content (AvgIpc) is 2.95. The van der Waals surface area contributed by atoms with Crippen LogP contribution >= 0.6 is 27.5 Å². The van der Waals surface area contributed by atoms with E-state index < -0.39 is 4.92 Å². The predicted octanol–water partition coefficient (Wildman–Crippen LogP) is 7.85. The summed E-state index contributed by atoms with van der Waals surface area (Å²) in [5.74, 6) is 0.404. The van der Waals surface area contributed by atoms with Crippen molar-refractivity contribution in [2.24, 2.45) is 5.10 Å². The van der Waals surface area contributed by atoms with Gasteiger partial charge in [-0.3, -0.25) is 14.9 Å². The molecule has 1 heterocycles. The fourth-order valence-electron chi connectivity index (χ4n) is 4.42. The maximum Gasteiger partial charge on any atom is 0.313 e. The number of hydrogen-bond donors (Lipinski definition) is 0. The molecule has 0 unspecified atom stereocenters. The van der Waals surface area contributed by atoms with Crippen LogP contribution in [0.2, 0.25) is 5.02 Å². The second-order valence-corrected chi connectivity index (χ2v) is 10.7. The van der Waals surface area contributed by atoms with Gasteiger partial charge in [-0.05, 0) is 47.0 Å². The van der Waals surface area contributed by atoms with E-state index in [1.807, 2.05) is 62.4 Å². The second-order valence-electron chi connectivity index (χ2n) is 9.34. The van der Waals surface area contributed by atoms with Crippen molar-refractivity contribution in [2.75, 3.05) is 0 Å². The molecule has 0 saturated carbocycles. The van der Waals surface area contributed by atoms with Crippen molar-refractivity contribution >= 4 is 61.1 Å². The van der Waals surface area contributed by atoms with Crippen LogP contribution in [0.15, 0.2) is 87.2 Å². The van der Waals surface area contributed by atoms with Crippen LogP contribution in [-0.4, -0.2) is 20.8 Å². The number of nitro benzene ring substituents is 1. The molecule has 40 heavy (non-hydrogen) atoms. The van der Waals surface area contributed by atoms with E-state index in [0.717, 1.165) is 27.2 Å². The molecule has 0 aliphatic carbocycles. The molecule has 0 aliphatic heterocycles. The third kappa shape index (κ3) is 5.48. The summed E-state index contributed by atoms with van der Waals surface area (Å²) in [7, 11) is 0. The van der Waals surface area contributed by atoms with Crippen LogP contribution in [0.1, 0.15) is 43.1 Å². The molecule has 10 heteroatoms. The van der Waals surface area contributed by atoms with Gasteiger partial charge < -0.3 is 4.74 Å². The Labute approximate surface area is 243 Å². The summed E-state index contributed by atoms with van der Waals surface area (Å²) in [6.45, 7) is 4.06. The largest absolute Gasteiger partial charge is 0.481 e. The van der Waals surface area contributed by atoms with Crippen molar-refractivity contribution in [3.05, 3.63) is 120 Å². The molecule has 0 bridgehead atoms. The van der Waals surface area contributed by atoms with Gasteiger partial charge in [-0.25, -0.2) is 4.98 Å². The van der Waals surface area contributed by atoms with Crippen molar-refractivity contribution in [1.29, 1.82) is 0 Å². The summed E-state index contributed by atoms with van der Waals surface area (Å²) < 4.78 is 7.88. The Bertz CT molecular complexity index is 1850. The van der Waals surface area contributed by atoms with E-state index >= 15 is 0 Å². The molecule has 4 aromatic carbocycles. The maximum absolute atomic E-state index is 13.4. The summed E-state index contributed by atoms with van der Waals surface area (Å²) in [6.07, 6.45) is 2.11. The summed E-state index contributed by atoms with van der Waals surface area (Å²) in [5, 5.41) is 18.9. The van der Waals surface area contributed by atoms with Crippen LogP contribution in [0.25, 0.3) is 21.7 Å². The zero-order chi connectivity index (χ0) is 28.4. The average molecular weight is 620 g/mol. The molecule has 5 aromatic rings. The zero-order valence-corrected chi connectivity index (χ0v) is 24.0. The van der Waals surface area contributed by atoms with Crippen molar-refractivity contribution in [3.63, 3.8) is 0 Å². The van der Waals surface area contributed by atoms with Crippen LogP contribution in [0.3, 0.4) is 0 Å². The van der Waals surface area contributed by atoms with Crippen LogP contribution in [0.4, 0.5) is 5.69 Å². The third-order valence-corrected chi connectivity index (χ3v) is 7.48. The maximum atomic E-state index is 13.4. The van der Waals surface area contributed by atoms with E-state index in [2.05, 4.69) is 26.0 Å². The van der Waals surface area contributed by atoms with Gasteiger partial charge in [0.05, 0.1) is 27.1 Å². The molecular weight excluding hydrogens is 596 g/mol. The van der Waals surface area contributed by atoms with Crippen molar-refractivity contribution in [1.82, 2.24) is 9.66 Å². The number of hydrogen-bond acceptors (Lipinski definition) is 6. The number of aromatic nitrogens is 2. The molecule has 1 atom stereocenters. The first-order valence-electron chi connectivity index (χ1n) is 12.6. The van der Waals surface area contributed by atoms with E-state index in [4.69, 9.17) is 16.3 Å². The molecule has 0 spiro atoms. The highest BCUT2D eigenvalue weighted by Gasteiger charge is 2.21. The molecule has 5 rings (SSSR count). The van der Waals surface area contributed by atoms with Gasteiger partial charge in [0.25, 0.3) is 5.56 Å². The summed E-state index contributed by atoms with van der Waals surface area (Å²) >= 11 is 9.90. The quantitative estimate of drug-likeness (QED) is 0.100. The minimum Gasteiger partial charge on any atom is -0.481 e. The third-order valence-electron chi connectivity index (χ3n) is 6.70. The van der Waals surface area contributed by atoms with Gasteiger partial charge in [-0.1, -0.05) is 83.8 Å². The molecule has 0 aliphatic rings. The van der Waals surface area contributed by atoms with Gasteiger partial charge in [0, 0.05) is 22.0 Å². The van der Waals surface area contributed by atoms with Gasteiger partial charge >= 0.3 is 5.69 Å². The number of halogens is 2. The monoisotopic (exact) mass is 618 g/mol. The first kappa shape index (κ1) is 27.5. The van der Waals surface area contributed by atoms with Crippen LogP contribution in [0, 0.1) is 10.1 Å². The summed E-state index contributed by atoms with van der Waals surface area (Å²) in [6, 6.07) is 21.8. The minimum absolute atomic E-state index is 0.0357. The normalized spacial score (nSPS) is 12.3. The van der Waals surface area contributed by atoms with E-state index in [9.17, 15) is 14.9 Å². The number of ether oxygens (including phenoxy) is 1. The smallest absolute Gasteiger partial charge is 0.313 e. The Kier molecular flexibility index (Phi) is 7.95. The molecular formula is C30H24BrClN4O4. The number of rotatable bonds is 8. The Hall–Kier alpha value is -4.08. The van der Waals surface area contributed by atoms with Crippen molar-refractivity contribution < 1.29 is 9.66 Å². The number of nitrogens with zero attached hydrogens (tertiary/aromatic N) is 4. The molecule has 0 fully saturated rings. The van der Waals surface area contributed by atoms with Crippen LogP contribution < -0.4 is 10.3 Å². The van der Waals surface area contributed by atoms with Gasteiger partial charge in [-0.15, -0.1) is 0 Å². The number of nitro groups is 1. The molecule has 1 aromatic heterocycles. The number of fused-ring (bicyclic) bond motifs is 2. The van der Waals surface area contributed by atoms with E-state index in [0.29, 0.717) is 22.3 Å². The molecule has 0 radical (unpaired) electrons. The van der Waals surface area contributed by atoms with E-state index in [-0.39, 0.29) is 34.5 Å². The minimum atomic E-state index is -0.548. The standard InChI is InChI=1S/C30H24BrClN4O4/c1-3-18(2)29-34-26-12-11-22(31)15-24(26)30(37)35(29)33-16-19-13-25(32)28(27(14-19)36(38)39)40-17-21-9-6-8-20-7-4-5-10-23(20)21/h4-16,18H,3,17H2,1-2H3/t18-/m0/s1. The van der Waals surface area contributed by atoms with Gasteiger partial charge in [0.2, 0.25) is 5.75 Å². The lowest BCUT2D eigenvalue weighted by molar-refractivity contribution is -0.385. The first-order chi connectivity index (χ1) is 19.3. The van der Waals surface area contributed by atoms with Crippen molar-refractivity contribution in [3.8, 4) is 5.75 Å². The summed E-state index contributed by atoms with van der Waals surface area (Å²) in [4.78, 5) is 29.5. The van der Waals surface area contributed by atoms with Gasteiger partial charge in [-0.2, -0.15) is 9.78 Å². The molecule has 0 amide bonds. The second kappa shape index (κ2) is 11.6. The molecule has 202 valence electrons. The lowest BCUT2D eigenvalue weighted by Crippen LogP contribution is -2.23. The Morgan fingerprint density at radius 3 is 2.67 bits per heavy atom. The highest BCUT2D eigenvalue weighted by Crippen LogP contribution is 2.37. The summed E-state index contributed by atoms with van der Waals surface area (Å²) in [5.41, 5.74) is 1.14. The van der Waals surface area contributed by atoms with Crippen LogP contribution in [0.5, 0.6) is 5.75 Å². The number of benzene rings is 4. The van der Waals surface area contributed by atoms with Crippen molar-refractivity contribution in [2.45, 2.75) is 32.8 Å². The SMILES string of the molecule is CC[C@H](C)c1nc2ccc(Br)cc2c(=O)n1N=Cc1cc(Cl)c(OCc2cccc3ccccc23)c([N+](=O)[O-])c1. The van der Waals surface area contributed by atoms with Gasteiger partial charge in [0.1, 0.15) is 12.4 Å². The highest BCUT2D eigenvalue weighted by molar-refractivity contribution is 9.10. The predicted molar refractivity (Wildman–Crippen MR) is 162 cm³/mol.